The monoisotopic (exact) mass is 412 g/mol. The van der Waals surface area contributed by atoms with Crippen molar-refractivity contribution in [3.63, 3.8) is 0 Å². The van der Waals surface area contributed by atoms with Gasteiger partial charge in [-0.25, -0.2) is 9.78 Å². The Hall–Kier alpha value is -3.07. The molecule has 4 rings (SSSR count). The number of benzene rings is 1. The van der Waals surface area contributed by atoms with Crippen LogP contribution in [0, 0.1) is 0 Å². The van der Waals surface area contributed by atoms with Crippen molar-refractivity contribution in [1.29, 1.82) is 0 Å². The first kappa shape index (κ1) is 19.3. The van der Waals surface area contributed by atoms with E-state index in [1.165, 1.54) is 0 Å². The van der Waals surface area contributed by atoms with Crippen LogP contribution in [0.3, 0.4) is 0 Å². The second-order valence-electron chi connectivity index (χ2n) is 7.07. The van der Waals surface area contributed by atoms with Crippen LogP contribution < -0.4 is 10.6 Å². The van der Waals surface area contributed by atoms with Gasteiger partial charge < -0.3 is 10.6 Å². The fraction of sp³-hybridized carbons (Fsp3) is 0.350. The number of amides is 4. The van der Waals surface area contributed by atoms with Crippen molar-refractivity contribution in [1.82, 2.24) is 15.2 Å². The van der Waals surface area contributed by atoms with Gasteiger partial charge >= 0.3 is 6.03 Å². The highest BCUT2D eigenvalue weighted by molar-refractivity contribution is 7.17. The zero-order valence-electron chi connectivity index (χ0n) is 15.9. The van der Waals surface area contributed by atoms with Crippen LogP contribution in [0.1, 0.15) is 47.1 Å². The van der Waals surface area contributed by atoms with Crippen LogP contribution >= 0.6 is 11.3 Å². The molecule has 8 nitrogen and oxygen atoms in total. The number of hydrogen-bond donors (Lipinski definition) is 2. The van der Waals surface area contributed by atoms with Gasteiger partial charge in [-0.15, -0.1) is 0 Å². The summed E-state index contributed by atoms with van der Waals surface area (Å²) in [5, 5.41) is 5.68. The minimum absolute atomic E-state index is 0.0361. The summed E-state index contributed by atoms with van der Waals surface area (Å²) in [4.78, 5) is 55.8. The number of aromatic nitrogens is 1. The van der Waals surface area contributed by atoms with Crippen LogP contribution in [0.5, 0.6) is 0 Å². The average Bonchev–Trinajstić information content (AvgIpc) is 3.23. The molecule has 1 unspecified atom stereocenters. The van der Waals surface area contributed by atoms with Crippen molar-refractivity contribution < 1.29 is 19.2 Å². The second kappa shape index (κ2) is 7.40. The van der Waals surface area contributed by atoms with E-state index in [4.69, 9.17) is 0 Å². The minimum atomic E-state index is -1.18. The molecule has 1 saturated heterocycles. The molecule has 2 aromatic rings. The molecule has 0 saturated carbocycles. The van der Waals surface area contributed by atoms with Gasteiger partial charge in [-0.3, -0.25) is 19.3 Å². The van der Waals surface area contributed by atoms with Gasteiger partial charge in [0.2, 0.25) is 5.91 Å². The number of Topliss-reactive ketones (excluding diaryl/α,β-unsaturated/α-hetero) is 1. The lowest BCUT2D eigenvalue weighted by Crippen LogP contribution is -2.44. The van der Waals surface area contributed by atoms with Gasteiger partial charge in [0.05, 0.1) is 10.6 Å². The number of hydrogen-bond acceptors (Lipinski definition) is 6. The molecule has 1 aliphatic heterocycles. The summed E-state index contributed by atoms with van der Waals surface area (Å²) in [7, 11) is 0. The molecule has 1 aromatic heterocycles. The van der Waals surface area contributed by atoms with Gasteiger partial charge in [0.15, 0.2) is 10.9 Å². The summed E-state index contributed by atoms with van der Waals surface area (Å²) in [5.41, 5.74) is 0.200. The molecule has 0 bridgehead atoms. The Morgan fingerprint density at radius 2 is 2.00 bits per heavy atom. The summed E-state index contributed by atoms with van der Waals surface area (Å²) in [6.45, 7) is 1.39. The third kappa shape index (κ3) is 3.31. The van der Waals surface area contributed by atoms with E-state index in [9.17, 15) is 19.2 Å². The zero-order valence-corrected chi connectivity index (χ0v) is 16.7. The molecule has 1 fully saturated rings. The summed E-state index contributed by atoms with van der Waals surface area (Å²) < 4.78 is 0. The molecule has 9 heteroatoms. The Labute approximate surface area is 171 Å². The van der Waals surface area contributed by atoms with Crippen molar-refractivity contribution in [3.05, 3.63) is 46.5 Å². The average molecular weight is 412 g/mol. The quantitative estimate of drug-likeness (QED) is 0.734. The lowest BCUT2D eigenvalue weighted by Gasteiger charge is -2.25. The SMILES string of the molecule is CCC1(c2ccccc2)NC(=O)N(CC(=O)Nc2nc3c(s2)C(=O)CCC3)C1=O. The first-order chi connectivity index (χ1) is 13.9. The predicted octanol–water partition coefficient (Wildman–Crippen LogP) is 2.46. The van der Waals surface area contributed by atoms with E-state index >= 15 is 0 Å². The number of fused-ring (bicyclic) bond motifs is 1. The highest BCUT2D eigenvalue weighted by Crippen LogP contribution is 2.33. The molecule has 1 atom stereocenters. The number of carbonyl (C=O) groups excluding carboxylic acids is 4. The van der Waals surface area contributed by atoms with Crippen LogP contribution in [-0.2, 0) is 21.5 Å². The Morgan fingerprint density at radius 3 is 2.69 bits per heavy atom. The molecule has 4 amide bonds. The summed E-state index contributed by atoms with van der Waals surface area (Å²) in [6, 6.07) is 8.38. The topological polar surface area (TPSA) is 108 Å². The second-order valence-corrected chi connectivity index (χ2v) is 8.07. The lowest BCUT2D eigenvalue weighted by molar-refractivity contribution is -0.134. The van der Waals surface area contributed by atoms with Gasteiger partial charge in [-0.05, 0) is 24.8 Å². The van der Waals surface area contributed by atoms with Crippen LogP contribution in [0.2, 0.25) is 0 Å². The number of urea groups is 1. The van der Waals surface area contributed by atoms with E-state index in [1.807, 2.05) is 13.0 Å². The van der Waals surface area contributed by atoms with E-state index < -0.39 is 29.9 Å². The van der Waals surface area contributed by atoms with Crippen molar-refractivity contribution in [3.8, 4) is 0 Å². The number of thiazole rings is 1. The molecule has 2 aliphatic rings. The van der Waals surface area contributed by atoms with Crippen LogP contribution in [0.4, 0.5) is 9.93 Å². The Kier molecular flexibility index (Phi) is 4.91. The van der Waals surface area contributed by atoms with Crippen LogP contribution in [-0.4, -0.2) is 40.1 Å². The number of carbonyl (C=O) groups is 4. The lowest BCUT2D eigenvalue weighted by atomic mass is 9.87. The van der Waals surface area contributed by atoms with Crippen molar-refractivity contribution >= 4 is 40.1 Å². The largest absolute Gasteiger partial charge is 0.325 e. The fourth-order valence-corrected chi connectivity index (χ4v) is 4.75. The van der Waals surface area contributed by atoms with Gasteiger partial charge in [0, 0.05) is 6.42 Å². The summed E-state index contributed by atoms with van der Waals surface area (Å²) in [6.07, 6.45) is 2.31. The van der Waals surface area contributed by atoms with E-state index in [0.29, 0.717) is 40.5 Å². The van der Waals surface area contributed by atoms with Crippen LogP contribution in [0.25, 0.3) is 0 Å². The van der Waals surface area contributed by atoms with Crippen molar-refractivity contribution in [2.75, 3.05) is 11.9 Å². The van der Waals surface area contributed by atoms with E-state index in [2.05, 4.69) is 15.6 Å². The molecule has 0 radical (unpaired) electrons. The van der Waals surface area contributed by atoms with Gasteiger partial charge in [-0.2, -0.15) is 0 Å². The van der Waals surface area contributed by atoms with Crippen molar-refractivity contribution in [2.45, 2.75) is 38.1 Å². The van der Waals surface area contributed by atoms with Gasteiger partial charge in [-0.1, -0.05) is 48.6 Å². The number of nitrogens with one attached hydrogen (secondary N) is 2. The molecular weight excluding hydrogens is 392 g/mol. The molecule has 0 spiro atoms. The maximum atomic E-state index is 13.1. The number of rotatable bonds is 5. The number of aryl methyl sites for hydroxylation is 1. The van der Waals surface area contributed by atoms with Crippen molar-refractivity contribution in [2.24, 2.45) is 0 Å². The summed E-state index contributed by atoms with van der Waals surface area (Å²) >= 11 is 1.14. The Bertz CT molecular complexity index is 1000. The standard InChI is InChI=1S/C20H20N4O4S/c1-2-20(12-7-4-3-5-8-12)17(27)24(19(28)23-20)11-15(26)22-18-21-13-9-6-10-14(25)16(13)29-18/h3-5,7-8H,2,6,9-11H2,1H3,(H,23,28)(H,21,22,26). The highest BCUT2D eigenvalue weighted by Gasteiger charge is 2.51. The number of ketones is 1. The Morgan fingerprint density at radius 1 is 1.24 bits per heavy atom. The van der Waals surface area contributed by atoms with Crippen LogP contribution in [0.15, 0.2) is 30.3 Å². The van der Waals surface area contributed by atoms with E-state index in [0.717, 1.165) is 22.7 Å². The smallest absolute Gasteiger partial charge is 0.319 e. The molecular formula is C20H20N4O4S. The third-order valence-electron chi connectivity index (χ3n) is 5.29. The molecule has 1 aromatic carbocycles. The highest BCUT2D eigenvalue weighted by atomic mass is 32.1. The van der Waals surface area contributed by atoms with Gasteiger partial charge in [0.25, 0.3) is 5.91 Å². The molecule has 29 heavy (non-hydrogen) atoms. The molecule has 1 aliphatic carbocycles. The molecule has 150 valence electrons. The van der Waals surface area contributed by atoms with E-state index in [1.54, 1.807) is 24.3 Å². The number of imide groups is 1. The first-order valence-corrected chi connectivity index (χ1v) is 10.3. The maximum absolute atomic E-state index is 13.1. The maximum Gasteiger partial charge on any atom is 0.325 e. The zero-order chi connectivity index (χ0) is 20.6. The van der Waals surface area contributed by atoms with Gasteiger partial charge in [0.1, 0.15) is 12.1 Å². The predicted molar refractivity (Wildman–Crippen MR) is 107 cm³/mol. The summed E-state index contributed by atoms with van der Waals surface area (Å²) in [5.74, 6) is -0.957. The number of nitrogens with zero attached hydrogens (tertiary/aromatic N) is 2. The van der Waals surface area contributed by atoms with E-state index in [-0.39, 0.29) is 5.78 Å². The molecule has 2 heterocycles. The third-order valence-corrected chi connectivity index (χ3v) is 6.34. The first-order valence-electron chi connectivity index (χ1n) is 9.47. The number of anilines is 1. The normalized spacial score (nSPS) is 21.1. The fourth-order valence-electron chi connectivity index (χ4n) is 3.76. The molecule has 2 N–H and O–H groups in total. The minimum Gasteiger partial charge on any atom is -0.319 e. The Balaban J connectivity index is 1.49.